The van der Waals surface area contributed by atoms with Crippen LogP contribution in [0.1, 0.15) is 37.0 Å². The van der Waals surface area contributed by atoms with Gasteiger partial charge in [-0.25, -0.2) is 0 Å². The predicted octanol–water partition coefficient (Wildman–Crippen LogP) is 6.13. The Morgan fingerprint density at radius 3 is 2.14 bits per heavy atom. The zero-order chi connectivity index (χ0) is 25.0. The van der Waals surface area contributed by atoms with Gasteiger partial charge in [-0.05, 0) is 36.1 Å². The molecule has 6 heteroatoms. The van der Waals surface area contributed by atoms with Crippen LogP contribution in [0, 0.1) is 0 Å². The second kappa shape index (κ2) is 14.0. The summed E-state index contributed by atoms with van der Waals surface area (Å²) in [5.41, 5.74) is 3.01. The molecule has 0 unspecified atom stereocenters. The number of carbonyl (C=O) groups is 2. The van der Waals surface area contributed by atoms with E-state index in [-0.39, 0.29) is 23.6 Å². The van der Waals surface area contributed by atoms with E-state index >= 15 is 0 Å². The van der Waals surface area contributed by atoms with Gasteiger partial charge in [-0.2, -0.15) is 0 Å². The Bertz CT molecular complexity index is 1080. The van der Waals surface area contributed by atoms with Crippen molar-refractivity contribution < 1.29 is 9.59 Å². The van der Waals surface area contributed by atoms with Crippen LogP contribution in [-0.4, -0.2) is 34.6 Å². The van der Waals surface area contributed by atoms with Gasteiger partial charge in [-0.3, -0.25) is 9.59 Å². The number of benzene rings is 3. The molecule has 0 fully saturated rings. The van der Waals surface area contributed by atoms with Crippen molar-refractivity contribution in [2.45, 2.75) is 51.1 Å². The van der Waals surface area contributed by atoms with Gasteiger partial charge in [0, 0.05) is 29.8 Å². The van der Waals surface area contributed by atoms with Gasteiger partial charge in [0.25, 0.3) is 0 Å². The molecule has 0 heterocycles. The van der Waals surface area contributed by atoms with E-state index in [0.717, 1.165) is 23.1 Å². The summed E-state index contributed by atoms with van der Waals surface area (Å²) in [5, 5.41) is 3.80. The van der Waals surface area contributed by atoms with Gasteiger partial charge in [-0.1, -0.05) is 97.4 Å². The molecule has 0 saturated heterocycles. The molecule has 0 aliphatic rings. The number of halogens is 1. The van der Waals surface area contributed by atoms with E-state index < -0.39 is 6.04 Å². The molecule has 0 aliphatic carbocycles. The van der Waals surface area contributed by atoms with Gasteiger partial charge in [0.15, 0.2) is 0 Å². The molecule has 3 rings (SSSR count). The molecule has 3 aromatic carbocycles. The largest absolute Gasteiger partial charge is 0.352 e. The SMILES string of the molecule is CC[C@H](C)NC(=O)[C@H](Cc1ccccc1)N(Cc1ccccc1)C(=O)CSCc1ccccc1Cl. The number of rotatable bonds is 12. The summed E-state index contributed by atoms with van der Waals surface area (Å²) in [5.74, 6) is 0.710. The van der Waals surface area contributed by atoms with Crippen molar-refractivity contribution in [1.82, 2.24) is 10.2 Å². The molecule has 35 heavy (non-hydrogen) atoms. The average molecular weight is 509 g/mol. The normalized spacial score (nSPS) is 12.5. The predicted molar refractivity (Wildman–Crippen MR) is 146 cm³/mol. The average Bonchev–Trinajstić information content (AvgIpc) is 2.88. The summed E-state index contributed by atoms with van der Waals surface area (Å²) >= 11 is 7.81. The van der Waals surface area contributed by atoms with Crippen LogP contribution in [0.4, 0.5) is 0 Å². The van der Waals surface area contributed by atoms with E-state index in [4.69, 9.17) is 11.6 Å². The van der Waals surface area contributed by atoms with Crippen LogP contribution < -0.4 is 5.32 Å². The maximum absolute atomic E-state index is 13.6. The Balaban J connectivity index is 1.84. The van der Waals surface area contributed by atoms with Crippen molar-refractivity contribution in [1.29, 1.82) is 0 Å². The maximum atomic E-state index is 13.6. The van der Waals surface area contributed by atoms with Gasteiger partial charge in [0.2, 0.25) is 11.8 Å². The third-order valence-corrected chi connectivity index (χ3v) is 7.24. The summed E-state index contributed by atoms with van der Waals surface area (Å²) in [7, 11) is 0. The number of carbonyl (C=O) groups excluding carboxylic acids is 2. The number of amides is 2. The lowest BCUT2D eigenvalue weighted by molar-refractivity contribution is -0.139. The highest BCUT2D eigenvalue weighted by molar-refractivity contribution is 7.99. The lowest BCUT2D eigenvalue weighted by Gasteiger charge is -2.32. The Morgan fingerprint density at radius 2 is 1.51 bits per heavy atom. The number of hydrogen-bond acceptors (Lipinski definition) is 3. The van der Waals surface area contributed by atoms with Crippen LogP contribution >= 0.6 is 23.4 Å². The quantitative estimate of drug-likeness (QED) is 0.320. The van der Waals surface area contributed by atoms with Gasteiger partial charge in [-0.15, -0.1) is 11.8 Å². The Morgan fingerprint density at radius 1 is 0.914 bits per heavy atom. The second-order valence-electron chi connectivity index (χ2n) is 8.61. The standard InChI is InChI=1S/C29H33ClN2O2S/c1-3-22(2)31-29(34)27(18-23-12-6-4-7-13-23)32(19-24-14-8-5-9-15-24)28(33)21-35-20-25-16-10-11-17-26(25)30/h4-17,22,27H,3,18-21H2,1-2H3,(H,31,34)/t22-,27-/m0/s1. The smallest absolute Gasteiger partial charge is 0.243 e. The molecular formula is C29H33ClN2O2S. The molecule has 0 spiro atoms. The first kappa shape index (κ1) is 26.8. The van der Waals surface area contributed by atoms with Crippen molar-refractivity contribution in [3.05, 3.63) is 107 Å². The number of thioether (sulfide) groups is 1. The van der Waals surface area contributed by atoms with Crippen LogP contribution in [0.2, 0.25) is 5.02 Å². The Labute approximate surface area is 218 Å². The van der Waals surface area contributed by atoms with E-state index in [2.05, 4.69) is 5.32 Å². The summed E-state index contributed by atoms with van der Waals surface area (Å²) < 4.78 is 0. The zero-order valence-corrected chi connectivity index (χ0v) is 21.9. The van der Waals surface area contributed by atoms with Crippen molar-refractivity contribution in [2.75, 3.05) is 5.75 Å². The minimum atomic E-state index is -0.611. The first-order valence-corrected chi connectivity index (χ1v) is 13.5. The topological polar surface area (TPSA) is 49.4 Å². The Kier molecular flexibility index (Phi) is 10.7. The third kappa shape index (κ3) is 8.44. The number of nitrogens with zero attached hydrogens (tertiary/aromatic N) is 1. The Hall–Kier alpha value is -2.76. The minimum absolute atomic E-state index is 0.0315. The minimum Gasteiger partial charge on any atom is -0.352 e. The molecule has 184 valence electrons. The molecule has 2 atom stereocenters. The summed E-state index contributed by atoms with van der Waals surface area (Å²) in [6.45, 7) is 4.40. The maximum Gasteiger partial charge on any atom is 0.243 e. The van der Waals surface area contributed by atoms with Crippen molar-refractivity contribution in [3.63, 3.8) is 0 Å². The number of hydrogen-bond donors (Lipinski definition) is 1. The molecule has 0 aliphatic heterocycles. The highest BCUT2D eigenvalue weighted by Crippen LogP contribution is 2.22. The van der Waals surface area contributed by atoms with E-state index in [1.807, 2.05) is 98.8 Å². The van der Waals surface area contributed by atoms with Crippen molar-refractivity contribution in [3.8, 4) is 0 Å². The lowest BCUT2D eigenvalue weighted by Crippen LogP contribution is -2.52. The van der Waals surface area contributed by atoms with Crippen LogP contribution in [0.25, 0.3) is 0 Å². The molecule has 0 radical (unpaired) electrons. The second-order valence-corrected chi connectivity index (χ2v) is 10.0. The van der Waals surface area contributed by atoms with Crippen LogP contribution in [0.5, 0.6) is 0 Å². The first-order valence-electron chi connectivity index (χ1n) is 12.0. The highest BCUT2D eigenvalue weighted by atomic mass is 35.5. The molecule has 1 N–H and O–H groups in total. The molecule has 4 nitrogen and oxygen atoms in total. The highest BCUT2D eigenvalue weighted by Gasteiger charge is 2.30. The molecule has 0 saturated carbocycles. The van der Waals surface area contributed by atoms with Crippen molar-refractivity contribution in [2.24, 2.45) is 0 Å². The van der Waals surface area contributed by atoms with Gasteiger partial charge in [0.05, 0.1) is 5.75 Å². The molecule has 3 aromatic rings. The van der Waals surface area contributed by atoms with Crippen molar-refractivity contribution >= 4 is 35.2 Å². The van der Waals surface area contributed by atoms with E-state index in [0.29, 0.717) is 23.7 Å². The van der Waals surface area contributed by atoms with E-state index in [1.54, 1.807) is 4.90 Å². The van der Waals surface area contributed by atoms with E-state index in [9.17, 15) is 9.59 Å². The summed E-state index contributed by atoms with van der Waals surface area (Å²) in [6.07, 6.45) is 1.28. The molecule has 0 aromatic heterocycles. The zero-order valence-electron chi connectivity index (χ0n) is 20.3. The molecule has 2 amide bonds. The van der Waals surface area contributed by atoms with Crippen LogP contribution in [-0.2, 0) is 28.3 Å². The van der Waals surface area contributed by atoms with Gasteiger partial charge in [0.1, 0.15) is 6.04 Å². The molecular weight excluding hydrogens is 476 g/mol. The number of nitrogens with one attached hydrogen (secondary N) is 1. The lowest BCUT2D eigenvalue weighted by atomic mass is 10.0. The fraction of sp³-hybridized carbons (Fsp3) is 0.310. The van der Waals surface area contributed by atoms with Crippen LogP contribution in [0.3, 0.4) is 0 Å². The summed E-state index contributed by atoms with van der Waals surface area (Å²) in [4.78, 5) is 28.8. The summed E-state index contributed by atoms with van der Waals surface area (Å²) in [6, 6.07) is 26.8. The molecule has 0 bridgehead atoms. The van der Waals surface area contributed by atoms with Gasteiger partial charge >= 0.3 is 0 Å². The fourth-order valence-corrected chi connectivity index (χ4v) is 4.92. The fourth-order valence-electron chi connectivity index (χ4n) is 3.72. The third-order valence-electron chi connectivity index (χ3n) is 5.91. The monoisotopic (exact) mass is 508 g/mol. The van der Waals surface area contributed by atoms with Gasteiger partial charge < -0.3 is 10.2 Å². The van der Waals surface area contributed by atoms with E-state index in [1.165, 1.54) is 11.8 Å². The van der Waals surface area contributed by atoms with Crippen LogP contribution in [0.15, 0.2) is 84.9 Å². The first-order chi connectivity index (χ1) is 17.0.